The van der Waals surface area contributed by atoms with Crippen molar-refractivity contribution in [3.8, 4) is 0 Å². The summed E-state index contributed by atoms with van der Waals surface area (Å²) in [5, 5.41) is 0. The third kappa shape index (κ3) is 2.66. The van der Waals surface area contributed by atoms with Gasteiger partial charge < -0.3 is 14.9 Å². The molecule has 3 nitrogen and oxygen atoms in total. The number of nitrogens with two attached hydrogens (primary N) is 1. The smallest absolute Gasteiger partial charge is 0.129 e. The van der Waals surface area contributed by atoms with E-state index in [0.717, 1.165) is 27.1 Å². The van der Waals surface area contributed by atoms with Crippen LogP contribution in [0.3, 0.4) is 0 Å². The van der Waals surface area contributed by atoms with Gasteiger partial charge in [0.25, 0.3) is 0 Å². The Morgan fingerprint density at radius 2 is 2.11 bits per heavy atom. The number of rotatable bonds is 4. The van der Waals surface area contributed by atoms with Crippen molar-refractivity contribution in [3.63, 3.8) is 0 Å². The van der Waals surface area contributed by atoms with Gasteiger partial charge in [0.05, 0.1) is 6.04 Å². The molecule has 96 valence electrons. The van der Waals surface area contributed by atoms with E-state index < -0.39 is 0 Å². The molecule has 2 N–H and O–H groups in total. The van der Waals surface area contributed by atoms with Crippen molar-refractivity contribution < 1.29 is 9.15 Å². The predicted octanol–water partition coefficient (Wildman–Crippen LogP) is 3.55. The van der Waals surface area contributed by atoms with Crippen molar-refractivity contribution in [1.82, 2.24) is 0 Å². The summed E-state index contributed by atoms with van der Waals surface area (Å²) in [6.45, 7) is 2.50. The molecule has 1 aromatic carbocycles. The second-order valence-electron chi connectivity index (χ2n) is 4.17. The fourth-order valence-electron chi connectivity index (χ4n) is 1.90. The lowest BCUT2D eigenvalue weighted by molar-refractivity contribution is 0.162. The van der Waals surface area contributed by atoms with Crippen molar-refractivity contribution in [1.29, 1.82) is 0 Å². The zero-order valence-electron chi connectivity index (χ0n) is 10.4. The first-order valence-corrected chi connectivity index (χ1v) is 6.51. The summed E-state index contributed by atoms with van der Waals surface area (Å²) in [5.74, 6) is 1.54. The maximum atomic E-state index is 6.24. The van der Waals surface area contributed by atoms with E-state index in [0.29, 0.717) is 6.61 Å². The molecule has 18 heavy (non-hydrogen) atoms. The van der Waals surface area contributed by atoms with E-state index in [2.05, 4.69) is 15.9 Å². The van der Waals surface area contributed by atoms with Crippen LogP contribution in [0.25, 0.3) is 0 Å². The third-order valence-electron chi connectivity index (χ3n) is 2.92. The molecule has 0 spiro atoms. The lowest BCUT2D eigenvalue weighted by atomic mass is 10.0. The van der Waals surface area contributed by atoms with Gasteiger partial charge in [0.15, 0.2) is 0 Å². The number of ether oxygens (including phenoxy) is 1. The highest BCUT2D eigenvalue weighted by atomic mass is 79.9. The molecule has 1 atom stereocenters. The Morgan fingerprint density at radius 1 is 1.33 bits per heavy atom. The molecule has 0 aliphatic rings. The van der Waals surface area contributed by atoms with Crippen molar-refractivity contribution in [3.05, 3.63) is 57.5 Å². The van der Waals surface area contributed by atoms with Gasteiger partial charge in [0, 0.05) is 11.6 Å². The van der Waals surface area contributed by atoms with Crippen LogP contribution in [0, 0.1) is 6.92 Å². The standard InChI is InChI=1S/C14H16BrNO2/c1-9-11(4-3-5-12(9)15)14(16)13-7-6-10(18-13)8-17-2/h3-7,14H,8,16H2,1-2H3. The predicted molar refractivity (Wildman–Crippen MR) is 74.3 cm³/mol. The fourth-order valence-corrected chi connectivity index (χ4v) is 2.28. The topological polar surface area (TPSA) is 48.4 Å². The van der Waals surface area contributed by atoms with Gasteiger partial charge in [-0.15, -0.1) is 0 Å². The van der Waals surface area contributed by atoms with E-state index in [9.17, 15) is 0 Å². The van der Waals surface area contributed by atoms with E-state index in [-0.39, 0.29) is 6.04 Å². The van der Waals surface area contributed by atoms with E-state index in [4.69, 9.17) is 14.9 Å². The first-order chi connectivity index (χ1) is 8.63. The number of furan rings is 1. The fraction of sp³-hybridized carbons (Fsp3) is 0.286. The SMILES string of the molecule is COCc1ccc(C(N)c2cccc(Br)c2C)o1. The molecule has 0 saturated carbocycles. The Labute approximate surface area is 115 Å². The summed E-state index contributed by atoms with van der Waals surface area (Å²) < 4.78 is 11.8. The number of hydrogen-bond acceptors (Lipinski definition) is 3. The maximum absolute atomic E-state index is 6.24. The number of benzene rings is 1. The van der Waals surface area contributed by atoms with Crippen molar-refractivity contribution in [2.75, 3.05) is 7.11 Å². The van der Waals surface area contributed by atoms with E-state index in [1.54, 1.807) is 7.11 Å². The molecule has 0 amide bonds. The number of halogens is 1. The molecule has 4 heteroatoms. The quantitative estimate of drug-likeness (QED) is 0.939. The molecule has 2 rings (SSSR count). The second-order valence-corrected chi connectivity index (χ2v) is 5.02. The zero-order valence-corrected chi connectivity index (χ0v) is 12.0. The molecule has 1 heterocycles. The Bertz CT molecular complexity index is 536. The Balaban J connectivity index is 2.29. The Hall–Kier alpha value is -1.10. The Morgan fingerprint density at radius 3 is 2.83 bits per heavy atom. The average molecular weight is 310 g/mol. The van der Waals surface area contributed by atoms with Crippen LogP contribution in [0.15, 0.2) is 39.2 Å². The van der Waals surface area contributed by atoms with Gasteiger partial charge in [-0.05, 0) is 36.2 Å². The third-order valence-corrected chi connectivity index (χ3v) is 3.78. The van der Waals surface area contributed by atoms with Crippen molar-refractivity contribution >= 4 is 15.9 Å². The first-order valence-electron chi connectivity index (χ1n) is 5.71. The molecule has 1 unspecified atom stereocenters. The Kier molecular flexibility index (Phi) is 4.22. The van der Waals surface area contributed by atoms with Gasteiger partial charge in [-0.3, -0.25) is 0 Å². The molecule has 2 aromatic rings. The van der Waals surface area contributed by atoms with Crippen LogP contribution < -0.4 is 5.73 Å². The zero-order chi connectivity index (χ0) is 13.1. The molecule has 0 bridgehead atoms. The highest BCUT2D eigenvalue weighted by Gasteiger charge is 2.16. The number of methoxy groups -OCH3 is 1. The summed E-state index contributed by atoms with van der Waals surface area (Å²) >= 11 is 3.51. The largest absolute Gasteiger partial charge is 0.462 e. The van der Waals surface area contributed by atoms with E-state index >= 15 is 0 Å². The molecule has 0 fully saturated rings. The van der Waals surface area contributed by atoms with Crippen LogP contribution in [0.2, 0.25) is 0 Å². The maximum Gasteiger partial charge on any atom is 0.129 e. The van der Waals surface area contributed by atoms with E-state index in [1.165, 1.54) is 0 Å². The summed E-state index contributed by atoms with van der Waals surface area (Å²) in [6, 6.07) is 9.54. The minimum Gasteiger partial charge on any atom is -0.462 e. The highest BCUT2D eigenvalue weighted by Crippen LogP contribution is 2.28. The summed E-state index contributed by atoms with van der Waals surface area (Å²) in [5.41, 5.74) is 8.43. The van der Waals surface area contributed by atoms with Gasteiger partial charge in [-0.1, -0.05) is 28.1 Å². The van der Waals surface area contributed by atoms with Crippen LogP contribution in [-0.4, -0.2) is 7.11 Å². The van der Waals surface area contributed by atoms with Crippen molar-refractivity contribution in [2.45, 2.75) is 19.6 Å². The molecule has 0 radical (unpaired) electrons. The molecule has 1 aromatic heterocycles. The highest BCUT2D eigenvalue weighted by molar-refractivity contribution is 9.10. The second kappa shape index (κ2) is 5.69. The van der Waals surface area contributed by atoms with Crippen LogP contribution in [0.1, 0.15) is 28.7 Å². The van der Waals surface area contributed by atoms with Crippen LogP contribution >= 0.6 is 15.9 Å². The molecule has 0 saturated heterocycles. The lowest BCUT2D eigenvalue weighted by Crippen LogP contribution is -2.12. The minimum absolute atomic E-state index is 0.256. The molecule has 0 aliphatic heterocycles. The van der Waals surface area contributed by atoms with Gasteiger partial charge in [0.2, 0.25) is 0 Å². The average Bonchev–Trinajstić information content (AvgIpc) is 2.81. The van der Waals surface area contributed by atoms with Crippen LogP contribution in [-0.2, 0) is 11.3 Å². The normalized spacial score (nSPS) is 12.7. The van der Waals surface area contributed by atoms with Crippen LogP contribution in [0.5, 0.6) is 0 Å². The summed E-state index contributed by atoms with van der Waals surface area (Å²) in [4.78, 5) is 0. The van der Waals surface area contributed by atoms with E-state index in [1.807, 2.05) is 37.3 Å². The van der Waals surface area contributed by atoms with Crippen LogP contribution in [0.4, 0.5) is 0 Å². The van der Waals surface area contributed by atoms with Gasteiger partial charge in [-0.25, -0.2) is 0 Å². The molecular formula is C14H16BrNO2. The molecular weight excluding hydrogens is 294 g/mol. The number of hydrogen-bond donors (Lipinski definition) is 1. The van der Waals surface area contributed by atoms with Gasteiger partial charge in [-0.2, -0.15) is 0 Å². The van der Waals surface area contributed by atoms with Gasteiger partial charge in [0.1, 0.15) is 18.1 Å². The summed E-state index contributed by atoms with van der Waals surface area (Å²) in [7, 11) is 1.64. The lowest BCUT2D eigenvalue weighted by Gasteiger charge is -2.13. The van der Waals surface area contributed by atoms with Gasteiger partial charge >= 0.3 is 0 Å². The first kappa shape index (κ1) is 13.3. The summed E-state index contributed by atoms with van der Waals surface area (Å²) in [6.07, 6.45) is 0. The minimum atomic E-state index is -0.256. The monoisotopic (exact) mass is 309 g/mol. The molecule has 0 aliphatic carbocycles. The van der Waals surface area contributed by atoms with Crippen molar-refractivity contribution in [2.24, 2.45) is 5.73 Å².